The van der Waals surface area contributed by atoms with Gasteiger partial charge in [0.15, 0.2) is 0 Å². The van der Waals surface area contributed by atoms with Gasteiger partial charge in [-0.05, 0) is 24.1 Å². The molecule has 5 heteroatoms. The van der Waals surface area contributed by atoms with E-state index in [9.17, 15) is 4.79 Å². The number of rotatable bonds is 6. The summed E-state index contributed by atoms with van der Waals surface area (Å²) in [5.74, 6) is 1.02. The van der Waals surface area contributed by atoms with Crippen LogP contribution in [0.15, 0.2) is 67.0 Å². The average Bonchev–Trinajstić information content (AvgIpc) is 2.67. The molecule has 1 amide bonds. The smallest absolute Gasteiger partial charge is 0.251 e. The number of amides is 1. The van der Waals surface area contributed by atoms with E-state index in [0.717, 1.165) is 16.9 Å². The van der Waals surface area contributed by atoms with Crippen molar-refractivity contribution in [1.29, 1.82) is 0 Å². The van der Waals surface area contributed by atoms with E-state index in [4.69, 9.17) is 0 Å². The standard InChI is InChI=1S/C21H22N4O/c1-15(2)13-22-21(26)17-9-6-10-18(11-17)25-20-12-19(23-14-24-20)16-7-4-3-5-8-16/h3-12,14-15H,13H2,1-2H3,(H,22,26)(H,23,24,25). The van der Waals surface area contributed by atoms with Gasteiger partial charge in [-0.2, -0.15) is 0 Å². The zero-order chi connectivity index (χ0) is 18.4. The average molecular weight is 346 g/mol. The lowest BCUT2D eigenvalue weighted by Gasteiger charge is -2.10. The summed E-state index contributed by atoms with van der Waals surface area (Å²) in [6.07, 6.45) is 1.53. The Morgan fingerprint density at radius 1 is 1.00 bits per heavy atom. The summed E-state index contributed by atoms with van der Waals surface area (Å²) >= 11 is 0. The van der Waals surface area contributed by atoms with E-state index in [-0.39, 0.29) is 5.91 Å². The number of hydrogen-bond donors (Lipinski definition) is 2. The second kappa shape index (κ2) is 8.25. The molecule has 1 aromatic heterocycles. The summed E-state index contributed by atoms with van der Waals surface area (Å²) in [5.41, 5.74) is 3.29. The third kappa shape index (κ3) is 4.66. The maximum atomic E-state index is 12.2. The summed E-state index contributed by atoms with van der Waals surface area (Å²) in [6, 6.07) is 19.2. The fourth-order valence-corrected chi connectivity index (χ4v) is 2.48. The number of anilines is 2. The van der Waals surface area contributed by atoms with E-state index in [2.05, 4.69) is 34.4 Å². The SMILES string of the molecule is CC(C)CNC(=O)c1cccc(Nc2cc(-c3ccccc3)ncn2)c1. The van der Waals surface area contributed by atoms with Gasteiger partial charge in [-0.3, -0.25) is 4.79 Å². The molecule has 0 bridgehead atoms. The van der Waals surface area contributed by atoms with Gasteiger partial charge in [-0.15, -0.1) is 0 Å². The summed E-state index contributed by atoms with van der Waals surface area (Å²) < 4.78 is 0. The van der Waals surface area contributed by atoms with E-state index in [1.165, 1.54) is 6.33 Å². The molecule has 0 unspecified atom stereocenters. The molecule has 0 radical (unpaired) electrons. The van der Waals surface area contributed by atoms with Crippen LogP contribution >= 0.6 is 0 Å². The molecule has 0 saturated carbocycles. The van der Waals surface area contributed by atoms with Gasteiger partial charge in [-0.25, -0.2) is 9.97 Å². The van der Waals surface area contributed by atoms with Crippen LogP contribution in [0.5, 0.6) is 0 Å². The number of carbonyl (C=O) groups excluding carboxylic acids is 1. The maximum absolute atomic E-state index is 12.2. The van der Waals surface area contributed by atoms with E-state index >= 15 is 0 Å². The predicted octanol–water partition coefficient (Wildman–Crippen LogP) is 4.27. The van der Waals surface area contributed by atoms with Crippen LogP contribution in [0.4, 0.5) is 11.5 Å². The van der Waals surface area contributed by atoms with Gasteiger partial charge >= 0.3 is 0 Å². The molecule has 26 heavy (non-hydrogen) atoms. The van der Waals surface area contributed by atoms with Crippen molar-refractivity contribution in [2.24, 2.45) is 5.92 Å². The van der Waals surface area contributed by atoms with E-state index in [0.29, 0.717) is 23.8 Å². The lowest BCUT2D eigenvalue weighted by atomic mass is 10.1. The second-order valence-electron chi connectivity index (χ2n) is 6.46. The molecule has 132 valence electrons. The van der Waals surface area contributed by atoms with Crippen LogP contribution in [0.3, 0.4) is 0 Å². The quantitative estimate of drug-likeness (QED) is 0.699. The number of benzene rings is 2. The Labute approximate surface area is 153 Å². The van der Waals surface area contributed by atoms with Crippen LogP contribution in [0.1, 0.15) is 24.2 Å². The topological polar surface area (TPSA) is 66.9 Å². The molecule has 5 nitrogen and oxygen atoms in total. The van der Waals surface area contributed by atoms with E-state index < -0.39 is 0 Å². The lowest BCUT2D eigenvalue weighted by molar-refractivity contribution is 0.0949. The molecule has 0 aliphatic heterocycles. The third-order valence-corrected chi connectivity index (χ3v) is 3.80. The molecule has 1 heterocycles. The highest BCUT2D eigenvalue weighted by molar-refractivity contribution is 5.95. The third-order valence-electron chi connectivity index (χ3n) is 3.80. The van der Waals surface area contributed by atoms with Crippen LogP contribution in [0.25, 0.3) is 11.3 Å². The highest BCUT2D eigenvalue weighted by atomic mass is 16.1. The minimum Gasteiger partial charge on any atom is -0.352 e. The highest BCUT2D eigenvalue weighted by Gasteiger charge is 2.08. The van der Waals surface area contributed by atoms with Crippen LogP contribution < -0.4 is 10.6 Å². The van der Waals surface area contributed by atoms with Crippen molar-refractivity contribution in [2.75, 3.05) is 11.9 Å². The summed E-state index contributed by atoms with van der Waals surface area (Å²) in [6.45, 7) is 4.79. The molecule has 2 aromatic carbocycles. The molecular formula is C21H22N4O. The Kier molecular flexibility index (Phi) is 5.59. The van der Waals surface area contributed by atoms with Crippen LogP contribution in [-0.2, 0) is 0 Å². The van der Waals surface area contributed by atoms with Crippen molar-refractivity contribution in [3.05, 3.63) is 72.6 Å². The van der Waals surface area contributed by atoms with Crippen molar-refractivity contribution in [3.63, 3.8) is 0 Å². The van der Waals surface area contributed by atoms with Crippen molar-refractivity contribution in [2.45, 2.75) is 13.8 Å². The zero-order valence-electron chi connectivity index (χ0n) is 14.9. The van der Waals surface area contributed by atoms with Crippen LogP contribution in [0.2, 0.25) is 0 Å². The molecule has 0 saturated heterocycles. The predicted molar refractivity (Wildman–Crippen MR) is 104 cm³/mol. The number of aromatic nitrogens is 2. The fraction of sp³-hybridized carbons (Fsp3) is 0.190. The first kappa shape index (κ1) is 17.6. The van der Waals surface area contributed by atoms with Gasteiger partial charge in [0.2, 0.25) is 0 Å². The number of carbonyl (C=O) groups is 1. The monoisotopic (exact) mass is 346 g/mol. The number of nitrogens with one attached hydrogen (secondary N) is 2. The Hall–Kier alpha value is -3.21. The summed E-state index contributed by atoms with van der Waals surface area (Å²) in [7, 11) is 0. The van der Waals surface area contributed by atoms with Crippen LogP contribution in [-0.4, -0.2) is 22.4 Å². The zero-order valence-corrected chi connectivity index (χ0v) is 14.9. The minimum atomic E-state index is -0.0741. The minimum absolute atomic E-state index is 0.0741. The number of hydrogen-bond acceptors (Lipinski definition) is 4. The van der Waals surface area contributed by atoms with Crippen molar-refractivity contribution in [3.8, 4) is 11.3 Å². The molecule has 3 rings (SSSR count). The molecule has 0 aliphatic rings. The van der Waals surface area contributed by atoms with Crippen molar-refractivity contribution < 1.29 is 4.79 Å². The Morgan fingerprint density at radius 2 is 1.81 bits per heavy atom. The first-order chi connectivity index (χ1) is 12.6. The van der Waals surface area contributed by atoms with Crippen LogP contribution in [0, 0.1) is 5.92 Å². The van der Waals surface area contributed by atoms with Gasteiger partial charge < -0.3 is 10.6 Å². The normalized spacial score (nSPS) is 10.6. The first-order valence-corrected chi connectivity index (χ1v) is 8.64. The van der Waals surface area contributed by atoms with E-state index in [1.807, 2.05) is 54.6 Å². The van der Waals surface area contributed by atoms with Gasteiger partial charge in [0.1, 0.15) is 12.1 Å². The lowest BCUT2D eigenvalue weighted by Crippen LogP contribution is -2.27. The molecule has 0 atom stereocenters. The Balaban J connectivity index is 1.75. The Morgan fingerprint density at radius 3 is 2.58 bits per heavy atom. The van der Waals surface area contributed by atoms with Crippen molar-refractivity contribution in [1.82, 2.24) is 15.3 Å². The fourth-order valence-electron chi connectivity index (χ4n) is 2.48. The second-order valence-corrected chi connectivity index (χ2v) is 6.46. The molecule has 0 spiro atoms. The molecule has 0 aliphatic carbocycles. The molecule has 0 fully saturated rings. The molecular weight excluding hydrogens is 324 g/mol. The largest absolute Gasteiger partial charge is 0.352 e. The molecule has 3 aromatic rings. The van der Waals surface area contributed by atoms with Crippen molar-refractivity contribution >= 4 is 17.4 Å². The van der Waals surface area contributed by atoms with Gasteiger partial charge in [-0.1, -0.05) is 50.2 Å². The summed E-state index contributed by atoms with van der Waals surface area (Å²) in [4.78, 5) is 20.8. The Bertz CT molecular complexity index is 878. The van der Waals surface area contributed by atoms with E-state index in [1.54, 1.807) is 6.07 Å². The molecule has 2 N–H and O–H groups in total. The highest BCUT2D eigenvalue weighted by Crippen LogP contribution is 2.21. The van der Waals surface area contributed by atoms with Gasteiger partial charge in [0, 0.05) is 29.4 Å². The summed E-state index contributed by atoms with van der Waals surface area (Å²) in [5, 5.41) is 6.17. The maximum Gasteiger partial charge on any atom is 0.251 e. The first-order valence-electron chi connectivity index (χ1n) is 8.64. The van der Waals surface area contributed by atoms with Gasteiger partial charge in [0.25, 0.3) is 5.91 Å². The van der Waals surface area contributed by atoms with Gasteiger partial charge in [0.05, 0.1) is 5.69 Å². The number of nitrogens with zero attached hydrogens (tertiary/aromatic N) is 2.